The van der Waals surface area contributed by atoms with Gasteiger partial charge < -0.3 is 10.4 Å². The highest BCUT2D eigenvalue weighted by Crippen LogP contribution is 2.10. The van der Waals surface area contributed by atoms with Gasteiger partial charge in [0, 0.05) is 12.8 Å². The Kier molecular flexibility index (Phi) is 6.36. The van der Waals surface area contributed by atoms with Gasteiger partial charge in [0.1, 0.15) is 0 Å². The number of hydrogen-bond donors (Lipinski definition) is 2. The molecule has 0 aliphatic heterocycles. The highest BCUT2D eigenvalue weighted by Gasteiger charge is 2.17. The van der Waals surface area contributed by atoms with Crippen LogP contribution in [0.4, 0.5) is 0 Å². The van der Waals surface area contributed by atoms with Crippen molar-refractivity contribution in [2.45, 2.75) is 45.3 Å². The Balaban J connectivity index is 1.79. The van der Waals surface area contributed by atoms with Gasteiger partial charge in [0.15, 0.2) is 0 Å². The van der Waals surface area contributed by atoms with E-state index in [0.717, 1.165) is 12.0 Å². The van der Waals surface area contributed by atoms with Gasteiger partial charge in [-0.15, -0.1) is 0 Å². The maximum Gasteiger partial charge on any atom is 0.220 e. The van der Waals surface area contributed by atoms with Crippen molar-refractivity contribution in [3.8, 4) is 0 Å². The molecule has 2 atom stereocenters. The predicted octanol–water partition coefficient (Wildman–Crippen LogP) is 3.04. The van der Waals surface area contributed by atoms with E-state index in [1.807, 2.05) is 49.4 Å². The lowest BCUT2D eigenvalue weighted by atomic mass is 10.0. The topological polar surface area (TPSA) is 49.3 Å². The maximum absolute atomic E-state index is 12.1. The summed E-state index contributed by atoms with van der Waals surface area (Å²) in [7, 11) is 0. The molecule has 0 bridgehead atoms. The van der Waals surface area contributed by atoms with E-state index >= 15 is 0 Å². The number of amides is 1. The molecule has 3 heteroatoms. The second-order valence-corrected chi connectivity index (χ2v) is 6.04. The Labute approximate surface area is 138 Å². The summed E-state index contributed by atoms with van der Waals surface area (Å²) in [4.78, 5) is 12.1. The molecule has 23 heavy (non-hydrogen) atoms. The van der Waals surface area contributed by atoms with Crippen LogP contribution >= 0.6 is 0 Å². The van der Waals surface area contributed by atoms with Gasteiger partial charge in [-0.3, -0.25) is 4.79 Å². The quantitative estimate of drug-likeness (QED) is 0.826. The third kappa shape index (κ3) is 5.53. The van der Waals surface area contributed by atoms with E-state index < -0.39 is 6.10 Å². The molecule has 3 nitrogen and oxygen atoms in total. The van der Waals surface area contributed by atoms with Crippen molar-refractivity contribution in [2.75, 3.05) is 0 Å². The van der Waals surface area contributed by atoms with Crippen molar-refractivity contribution in [1.82, 2.24) is 5.32 Å². The minimum atomic E-state index is -0.584. The third-order valence-electron chi connectivity index (χ3n) is 4.14. The molecule has 0 aliphatic rings. The van der Waals surface area contributed by atoms with Crippen LogP contribution in [-0.2, 0) is 17.6 Å². The Bertz CT molecular complexity index is 625. The molecule has 0 spiro atoms. The monoisotopic (exact) mass is 311 g/mol. The number of aryl methyl sites for hydroxylation is 2. The summed E-state index contributed by atoms with van der Waals surface area (Å²) in [5.74, 6) is -0.0205. The number of rotatable bonds is 7. The van der Waals surface area contributed by atoms with E-state index in [2.05, 4.69) is 24.4 Å². The van der Waals surface area contributed by atoms with Gasteiger partial charge >= 0.3 is 0 Å². The van der Waals surface area contributed by atoms with E-state index in [0.29, 0.717) is 12.8 Å². The van der Waals surface area contributed by atoms with Crippen LogP contribution in [-0.4, -0.2) is 23.2 Å². The Morgan fingerprint density at radius 1 is 1.09 bits per heavy atom. The van der Waals surface area contributed by atoms with Crippen LogP contribution in [0.15, 0.2) is 54.6 Å². The fraction of sp³-hybridized carbons (Fsp3) is 0.350. The predicted molar refractivity (Wildman–Crippen MR) is 93.3 cm³/mol. The average molecular weight is 311 g/mol. The van der Waals surface area contributed by atoms with Gasteiger partial charge in [-0.05, 0) is 37.0 Å². The lowest BCUT2D eigenvalue weighted by Crippen LogP contribution is -2.42. The van der Waals surface area contributed by atoms with Gasteiger partial charge in [-0.1, -0.05) is 54.6 Å². The van der Waals surface area contributed by atoms with Gasteiger partial charge in [0.25, 0.3) is 0 Å². The Morgan fingerprint density at radius 3 is 2.43 bits per heavy atom. The third-order valence-corrected chi connectivity index (χ3v) is 4.14. The van der Waals surface area contributed by atoms with Crippen LogP contribution in [0.2, 0.25) is 0 Å². The molecular formula is C20H25NO2. The first-order chi connectivity index (χ1) is 11.1. The summed E-state index contributed by atoms with van der Waals surface area (Å²) in [5.41, 5.74) is 3.47. The smallest absolute Gasteiger partial charge is 0.220 e. The molecule has 0 aromatic heterocycles. The molecule has 2 unspecified atom stereocenters. The van der Waals surface area contributed by atoms with E-state index in [-0.39, 0.29) is 11.9 Å². The fourth-order valence-corrected chi connectivity index (χ4v) is 2.59. The number of benzene rings is 2. The molecule has 0 radical (unpaired) electrons. The van der Waals surface area contributed by atoms with E-state index in [4.69, 9.17) is 0 Å². The number of aliphatic hydroxyl groups excluding tert-OH is 1. The van der Waals surface area contributed by atoms with E-state index in [1.54, 1.807) is 0 Å². The van der Waals surface area contributed by atoms with Crippen LogP contribution in [0.25, 0.3) is 0 Å². The van der Waals surface area contributed by atoms with Gasteiger partial charge in [-0.2, -0.15) is 0 Å². The number of aliphatic hydroxyl groups is 1. The molecule has 2 aromatic carbocycles. The van der Waals surface area contributed by atoms with Crippen LogP contribution in [0.5, 0.6) is 0 Å². The molecule has 2 rings (SSSR count). The minimum absolute atomic E-state index is 0.0205. The summed E-state index contributed by atoms with van der Waals surface area (Å²) in [6.07, 6.45) is 1.12. The number of hydrogen-bond acceptors (Lipinski definition) is 2. The summed E-state index contributed by atoms with van der Waals surface area (Å²) >= 11 is 0. The van der Waals surface area contributed by atoms with E-state index in [9.17, 15) is 9.90 Å². The maximum atomic E-state index is 12.1. The van der Waals surface area contributed by atoms with Crippen LogP contribution in [0, 0.1) is 6.92 Å². The lowest BCUT2D eigenvalue weighted by Gasteiger charge is -2.20. The normalized spacial score (nSPS) is 13.3. The summed E-state index contributed by atoms with van der Waals surface area (Å²) in [5, 5.41) is 13.1. The number of carbonyl (C=O) groups is 1. The molecule has 2 aromatic rings. The van der Waals surface area contributed by atoms with Gasteiger partial charge in [0.2, 0.25) is 5.91 Å². The number of nitrogens with one attached hydrogen (secondary N) is 1. The van der Waals surface area contributed by atoms with Gasteiger partial charge in [-0.25, -0.2) is 0 Å². The Hall–Kier alpha value is -2.13. The highest BCUT2D eigenvalue weighted by atomic mass is 16.3. The second kappa shape index (κ2) is 8.49. The summed E-state index contributed by atoms with van der Waals surface area (Å²) in [6.45, 7) is 3.90. The number of carbonyl (C=O) groups excluding carboxylic acids is 1. The molecule has 2 N–H and O–H groups in total. The molecule has 0 heterocycles. The first kappa shape index (κ1) is 17.2. The van der Waals surface area contributed by atoms with Gasteiger partial charge in [0.05, 0.1) is 12.1 Å². The van der Waals surface area contributed by atoms with Crippen molar-refractivity contribution >= 4 is 5.91 Å². The zero-order valence-corrected chi connectivity index (χ0v) is 13.8. The summed E-state index contributed by atoms with van der Waals surface area (Å²) in [6, 6.07) is 17.7. The highest BCUT2D eigenvalue weighted by molar-refractivity contribution is 5.76. The molecular weight excluding hydrogens is 286 g/mol. The van der Waals surface area contributed by atoms with Crippen molar-refractivity contribution < 1.29 is 9.90 Å². The molecule has 0 aliphatic carbocycles. The standard InChI is InChI=1S/C20H25NO2/c1-15-8-6-7-11-18(15)12-13-20(23)21-16(2)19(22)14-17-9-4-3-5-10-17/h3-11,16,19,22H,12-14H2,1-2H3,(H,21,23). The first-order valence-electron chi connectivity index (χ1n) is 8.12. The first-order valence-corrected chi connectivity index (χ1v) is 8.12. The zero-order valence-electron chi connectivity index (χ0n) is 13.8. The minimum Gasteiger partial charge on any atom is -0.391 e. The zero-order chi connectivity index (χ0) is 16.7. The Morgan fingerprint density at radius 2 is 1.74 bits per heavy atom. The largest absolute Gasteiger partial charge is 0.391 e. The molecule has 0 saturated carbocycles. The molecule has 1 amide bonds. The van der Waals surface area contributed by atoms with Crippen molar-refractivity contribution in [2.24, 2.45) is 0 Å². The fourth-order valence-electron chi connectivity index (χ4n) is 2.59. The van der Waals surface area contributed by atoms with Crippen molar-refractivity contribution in [3.63, 3.8) is 0 Å². The van der Waals surface area contributed by atoms with Crippen LogP contribution in [0.3, 0.4) is 0 Å². The summed E-state index contributed by atoms with van der Waals surface area (Å²) < 4.78 is 0. The van der Waals surface area contributed by atoms with Crippen LogP contribution in [0.1, 0.15) is 30.0 Å². The van der Waals surface area contributed by atoms with E-state index in [1.165, 1.54) is 11.1 Å². The lowest BCUT2D eigenvalue weighted by molar-refractivity contribution is -0.122. The SMILES string of the molecule is Cc1ccccc1CCC(=O)NC(C)C(O)Cc1ccccc1. The molecule has 0 saturated heterocycles. The van der Waals surface area contributed by atoms with Crippen LogP contribution < -0.4 is 5.32 Å². The van der Waals surface area contributed by atoms with Crippen molar-refractivity contribution in [3.05, 3.63) is 71.3 Å². The second-order valence-electron chi connectivity index (χ2n) is 6.04. The van der Waals surface area contributed by atoms with Crippen molar-refractivity contribution in [1.29, 1.82) is 0 Å². The average Bonchev–Trinajstić information content (AvgIpc) is 2.55. The molecule has 0 fully saturated rings. The molecule has 122 valence electrons.